The highest BCUT2D eigenvalue weighted by Crippen LogP contribution is 2.03. The number of hydrogen-bond acceptors (Lipinski definition) is 3. The van der Waals surface area contributed by atoms with E-state index in [9.17, 15) is 0 Å². The largest absolute Gasteiger partial charge is 0.297 e. The van der Waals surface area contributed by atoms with Crippen molar-refractivity contribution in [1.29, 1.82) is 0 Å². The first-order valence-corrected chi connectivity index (χ1v) is 3.59. The van der Waals surface area contributed by atoms with Crippen LogP contribution in [0.15, 0.2) is 17.5 Å². The van der Waals surface area contributed by atoms with Gasteiger partial charge in [-0.1, -0.05) is 6.07 Å². The van der Waals surface area contributed by atoms with Crippen LogP contribution in [0, 0.1) is 6.92 Å². The first-order valence-electron chi connectivity index (χ1n) is 2.71. The van der Waals surface area contributed by atoms with Gasteiger partial charge in [0.25, 0.3) is 0 Å². The van der Waals surface area contributed by atoms with E-state index in [1.54, 1.807) is 16.8 Å². The summed E-state index contributed by atoms with van der Waals surface area (Å²) in [5.74, 6) is 4.41. The molecule has 0 aliphatic heterocycles. The molecule has 1 heterocycles. The van der Waals surface area contributed by atoms with Crippen molar-refractivity contribution in [2.24, 2.45) is 5.84 Å². The average Bonchev–Trinajstić information content (AvgIpc) is 2.40. The third-order valence-corrected chi connectivity index (χ3v) is 1.53. The first kappa shape index (κ1) is 9.13. The topological polar surface area (TPSA) is 55.1 Å². The Morgan fingerprint density at radius 3 is 2.50 bits per heavy atom. The van der Waals surface area contributed by atoms with Crippen molar-refractivity contribution in [2.45, 2.75) is 6.92 Å². The Kier molecular flexibility index (Phi) is 5.71. The van der Waals surface area contributed by atoms with Crippen molar-refractivity contribution in [3.63, 3.8) is 0 Å². The van der Waals surface area contributed by atoms with Crippen molar-refractivity contribution in [3.05, 3.63) is 22.4 Å². The van der Waals surface area contributed by atoms with Crippen molar-refractivity contribution in [2.75, 3.05) is 0 Å². The fraction of sp³-hybridized carbons (Fsp3) is 0.167. The van der Waals surface area contributed by atoms with E-state index in [0.29, 0.717) is 6.41 Å². The van der Waals surface area contributed by atoms with Crippen LogP contribution in [0.4, 0.5) is 0 Å². The minimum absolute atomic E-state index is 0.403. The summed E-state index contributed by atoms with van der Waals surface area (Å²) in [7, 11) is 0. The quantitative estimate of drug-likeness (QED) is 0.273. The SMILES string of the molecule is Cc1cccs1.NNC=O. The molecule has 1 rings (SSSR count). The van der Waals surface area contributed by atoms with Gasteiger partial charge in [-0.3, -0.25) is 10.2 Å². The summed E-state index contributed by atoms with van der Waals surface area (Å²) in [5.41, 5.74) is 1.75. The normalized spacial score (nSPS) is 7.40. The van der Waals surface area contributed by atoms with Crippen LogP contribution in [0.2, 0.25) is 0 Å². The molecular formula is C6H10N2OS. The Labute approximate surface area is 63.8 Å². The fourth-order valence-corrected chi connectivity index (χ4v) is 0.890. The van der Waals surface area contributed by atoms with Crippen LogP contribution in [-0.2, 0) is 4.79 Å². The van der Waals surface area contributed by atoms with E-state index in [1.807, 2.05) is 0 Å². The number of carbonyl (C=O) groups excluding carboxylic acids is 1. The lowest BCUT2D eigenvalue weighted by molar-refractivity contribution is -0.109. The predicted octanol–water partition coefficient (Wildman–Crippen LogP) is 0.663. The molecular weight excluding hydrogens is 148 g/mol. The van der Waals surface area contributed by atoms with Gasteiger partial charge in [0.15, 0.2) is 0 Å². The zero-order chi connectivity index (χ0) is 7.82. The number of thiophene rings is 1. The maximum atomic E-state index is 8.94. The first-order chi connectivity index (χ1) is 4.81. The number of carbonyl (C=O) groups is 1. The molecule has 0 spiro atoms. The van der Waals surface area contributed by atoms with Crippen LogP contribution < -0.4 is 11.3 Å². The Hall–Kier alpha value is -0.870. The molecule has 0 unspecified atom stereocenters. The second-order valence-electron chi connectivity index (χ2n) is 1.51. The smallest absolute Gasteiger partial charge is 0.221 e. The van der Waals surface area contributed by atoms with E-state index >= 15 is 0 Å². The molecule has 0 radical (unpaired) electrons. The van der Waals surface area contributed by atoms with E-state index in [4.69, 9.17) is 4.79 Å². The molecule has 3 nitrogen and oxygen atoms in total. The van der Waals surface area contributed by atoms with Crippen LogP contribution in [0.25, 0.3) is 0 Å². The van der Waals surface area contributed by atoms with Crippen LogP contribution in [0.1, 0.15) is 4.88 Å². The summed E-state index contributed by atoms with van der Waals surface area (Å²) in [6, 6.07) is 4.16. The maximum Gasteiger partial charge on any atom is 0.221 e. The van der Waals surface area contributed by atoms with Gasteiger partial charge < -0.3 is 0 Å². The lowest BCUT2D eigenvalue weighted by atomic mass is 10.5. The van der Waals surface area contributed by atoms with Gasteiger partial charge in [-0.05, 0) is 18.4 Å². The summed E-state index contributed by atoms with van der Waals surface area (Å²) in [6.07, 6.45) is 0.403. The van der Waals surface area contributed by atoms with Crippen molar-refractivity contribution >= 4 is 17.7 Å². The van der Waals surface area contributed by atoms with Crippen molar-refractivity contribution in [1.82, 2.24) is 5.43 Å². The van der Waals surface area contributed by atoms with Crippen LogP contribution in [0.5, 0.6) is 0 Å². The van der Waals surface area contributed by atoms with E-state index in [2.05, 4.69) is 30.3 Å². The number of hydrazine groups is 1. The van der Waals surface area contributed by atoms with Crippen LogP contribution in [-0.4, -0.2) is 6.41 Å². The molecule has 1 aromatic rings. The van der Waals surface area contributed by atoms with Crippen LogP contribution in [0.3, 0.4) is 0 Å². The van der Waals surface area contributed by atoms with E-state index < -0.39 is 0 Å². The summed E-state index contributed by atoms with van der Waals surface area (Å²) in [4.78, 5) is 10.3. The van der Waals surface area contributed by atoms with Gasteiger partial charge in [0.1, 0.15) is 0 Å². The molecule has 0 saturated carbocycles. The summed E-state index contributed by atoms with van der Waals surface area (Å²) in [5, 5.41) is 2.08. The molecule has 0 saturated heterocycles. The van der Waals surface area contributed by atoms with Gasteiger partial charge in [-0.15, -0.1) is 11.3 Å². The second kappa shape index (κ2) is 6.25. The number of aryl methyl sites for hydroxylation is 1. The molecule has 0 aliphatic carbocycles. The van der Waals surface area contributed by atoms with Crippen molar-refractivity contribution in [3.8, 4) is 0 Å². The van der Waals surface area contributed by atoms with Gasteiger partial charge in [-0.2, -0.15) is 0 Å². The Balaban J connectivity index is 0.000000180. The second-order valence-corrected chi connectivity index (χ2v) is 2.66. The number of hydrogen-bond donors (Lipinski definition) is 2. The molecule has 0 aliphatic rings. The Bertz CT molecular complexity index is 162. The van der Waals surface area contributed by atoms with E-state index in [1.165, 1.54) is 4.88 Å². The maximum absolute atomic E-state index is 8.94. The van der Waals surface area contributed by atoms with Gasteiger partial charge in [0.05, 0.1) is 0 Å². The molecule has 0 aromatic carbocycles. The summed E-state index contributed by atoms with van der Waals surface area (Å²) >= 11 is 1.78. The van der Waals surface area contributed by atoms with Crippen LogP contribution >= 0.6 is 11.3 Å². The highest BCUT2D eigenvalue weighted by molar-refractivity contribution is 7.09. The minimum atomic E-state index is 0.403. The molecule has 1 amide bonds. The zero-order valence-electron chi connectivity index (χ0n) is 5.70. The van der Waals surface area contributed by atoms with Gasteiger partial charge in [0, 0.05) is 4.88 Å². The zero-order valence-corrected chi connectivity index (χ0v) is 6.52. The van der Waals surface area contributed by atoms with E-state index in [0.717, 1.165) is 0 Å². The van der Waals surface area contributed by atoms with E-state index in [-0.39, 0.29) is 0 Å². The minimum Gasteiger partial charge on any atom is -0.297 e. The number of amides is 1. The Morgan fingerprint density at radius 1 is 1.80 bits per heavy atom. The Morgan fingerprint density at radius 2 is 2.40 bits per heavy atom. The number of nitrogens with two attached hydrogens (primary N) is 1. The highest BCUT2D eigenvalue weighted by atomic mass is 32.1. The lowest BCUT2D eigenvalue weighted by Gasteiger charge is -1.66. The molecule has 0 atom stereocenters. The summed E-state index contributed by atoms with van der Waals surface area (Å²) in [6.45, 7) is 2.10. The molecule has 4 heteroatoms. The highest BCUT2D eigenvalue weighted by Gasteiger charge is 1.74. The molecule has 1 aromatic heterocycles. The van der Waals surface area contributed by atoms with Gasteiger partial charge >= 0.3 is 0 Å². The molecule has 56 valence electrons. The molecule has 3 N–H and O–H groups in total. The third-order valence-electron chi connectivity index (χ3n) is 0.731. The standard InChI is InChI=1S/C5H6S.CH4N2O/c1-5-3-2-4-6-5;2-3-1-4/h2-4H,1H3;1H,2H2,(H,3,4). The molecule has 0 fully saturated rings. The third kappa shape index (κ3) is 5.27. The average molecular weight is 158 g/mol. The fourth-order valence-electron chi connectivity index (χ4n) is 0.361. The number of rotatable bonds is 1. The van der Waals surface area contributed by atoms with Gasteiger partial charge in [-0.25, -0.2) is 5.84 Å². The monoisotopic (exact) mass is 158 g/mol. The van der Waals surface area contributed by atoms with Crippen molar-refractivity contribution < 1.29 is 4.79 Å². The lowest BCUT2D eigenvalue weighted by Crippen LogP contribution is -2.18. The molecule has 10 heavy (non-hydrogen) atoms. The summed E-state index contributed by atoms with van der Waals surface area (Å²) < 4.78 is 0. The number of nitrogens with one attached hydrogen (secondary N) is 1. The van der Waals surface area contributed by atoms with Gasteiger partial charge in [0.2, 0.25) is 6.41 Å². The molecule has 0 bridgehead atoms. The predicted molar refractivity (Wildman–Crippen MR) is 42.4 cm³/mol.